The van der Waals surface area contributed by atoms with Crippen molar-refractivity contribution >= 4 is 22.7 Å². The van der Waals surface area contributed by atoms with Gasteiger partial charge in [-0.3, -0.25) is 0 Å². The summed E-state index contributed by atoms with van der Waals surface area (Å²) >= 11 is 0. The normalized spacial score (nSPS) is 17.8. The van der Waals surface area contributed by atoms with E-state index in [2.05, 4.69) is 45.4 Å². The van der Waals surface area contributed by atoms with Gasteiger partial charge in [0.15, 0.2) is 5.65 Å². The maximum absolute atomic E-state index is 14.7. The molecular weight excluding hydrogens is 520 g/mol. The van der Waals surface area contributed by atoms with Crippen LogP contribution in [-0.2, 0) is 12.8 Å². The largest absolute Gasteiger partial charge is 0.394 e. The highest BCUT2D eigenvalue weighted by Crippen LogP contribution is 2.28. The molecular formula is C30H36F4N6. The number of fused-ring (bicyclic) bond motifs is 1. The summed E-state index contributed by atoms with van der Waals surface area (Å²) < 4.78 is 56.7. The smallest absolute Gasteiger partial charge is 0.385 e. The molecule has 2 aromatic heterocycles. The van der Waals surface area contributed by atoms with E-state index in [1.165, 1.54) is 10.6 Å². The van der Waals surface area contributed by atoms with Gasteiger partial charge in [-0.1, -0.05) is 25.5 Å². The van der Waals surface area contributed by atoms with Crippen LogP contribution in [0.15, 0.2) is 43.1 Å². The summed E-state index contributed by atoms with van der Waals surface area (Å²) in [5.74, 6) is 5.79. The number of hydrogen-bond donors (Lipinski definition) is 3. The Balaban J connectivity index is 1.58. The van der Waals surface area contributed by atoms with Crippen molar-refractivity contribution < 1.29 is 17.6 Å². The Morgan fingerprint density at radius 1 is 1.20 bits per heavy atom. The van der Waals surface area contributed by atoms with Gasteiger partial charge in [0.05, 0.1) is 30.4 Å². The minimum atomic E-state index is -4.44. The van der Waals surface area contributed by atoms with Crippen LogP contribution in [0.1, 0.15) is 42.8 Å². The maximum Gasteiger partial charge on any atom is 0.394 e. The fraction of sp³-hybridized carbons (Fsp3) is 0.433. The summed E-state index contributed by atoms with van der Waals surface area (Å²) in [6.45, 7) is 10.1. The van der Waals surface area contributed by atoms with Crippen LogP contribution in [-0.4, -0.2) is 65.9 Å². The van der Waals surface area contributed by atoms with Crippen molar-refractivity contribution in [2.75, 3.05) is 43.9 Å². The van der Waals surface area contributed by atoms with Gasteiger partial charge in [-0.05, 0) is 68.1 Å². The first-order valence-corrected chi connectivity index (χ1v) is 13.5. The predicted octanol–water partition coefficient (Wildman–Crippen LogP) is 5.50. The summed E-state index contributed by atoms with van der Waals surface area (Å²) in [5, 5.41) is 9.67. The van der Waals surface area contributed by atoms with Gasteiger partial charge in [-0.25, -0.2) is 9.37 Å². The lowest BCUT2D eigenvalue weighted by Gasteiger charge is -2.33. The van der Waals surface area contributed by atoms with Crippen LogP contribution in [0.2, 0.25) is 0 Å². The number of rotatable bonds is 9. The molecule has 6 nitrogen and oxygen atoms in total. The number of anilines is 2. The number of nitrogens with one attached hydrogen (secondary N) is 3. The number of aromatic nitrogens is 2. The van der Waals surface area contributed by atoms with E-state index in [-0.39, 0.29) is 17.9 Å². The van der Waals surface area contributed by atoms with Crippen LogP contribution in [0.3, 0.4) is 0 Å². The third kappa shape index (κ3) is 7.07. The molecule has 3 aromatic rings. The van der Waals surface area contributed by atoms with Gasteiger partial charge in [0.1, 0.15) is 11.9 Å². The zero-order valence-corrected chi connectivity index (χ0v) is 23.1. The van der Waals surface area contributed by atoms with Crippen molar-refractivity contribution in [3.8, 4) is 11.8 Å². The van der Waals surface area contributed by atoms with Crippen molar-refractivity contribution in [2.24, 2.45) is 0 Å². The molecule has 0 aliphatic carbocycles. The average Bonchev–Trinajstić information content (AvgIpc) is 3.25. The molecule has 0 radical (unpaired) electrons. The monoisotopic (exact) mass is 556 g/mol. The molecule has 4 rings (SSSR count). The second kappa shape index (κ2) is 12.6. The van der Waals surface area contributed by atoms with E-state index in [0.29, 0.717) is 24.3 Å². The number of aryl methyl sites for hydroxylation is 1. The van der Waals surface area contributed by atoms with Gasteiger partial charge in [0.2, 0.25) is 0 Å². The number of hydrogen-bond acceptors (Lipinski definition) is 5. The number of imidazole rings is 1. The Hall–Kier alpha value is -3.71. The zero-order chi connectivity index (χ0) is 28.9. The Morgan fingerprint density at radius 3 is 2.70 bits per heavy atom. The fourth-order valence-electron chi connectivity index (χ4n) is 4.94. The highest BCUT2D eigenvalue weighted by molar-refractivity contribution is 5.70. The second-order valence-electron chi connectivity index (χ2n) is 10.0. The molecule has 0 saturated carbocycles. The SMILES string of the molecule is C=C(NCC)c1ccc(NCC#Cc2nc3c(NC4CCN(C)CC4F)cccn3c2CC(F)(F)F)c(CC)c1. The zero-order valence-electron chi connectivity index (χ0n) is 23.1. The summed E-state index contributed by atoms with van der Waals surface area (Å²) in [7, 11) is 1.86. The van der Waals surface area contributed by atoms with Gasteiger partial charge in [0.25, 0.3) is 0 Å². The molecule has 214 valence electrons. The van der Waals surface area contributed by atoms with E-state index in [1.54, 1.807) is 12.1 Å². The molecule has 40 heavy (non-hydrogen) atoms. The Morgan fingerprint density at radius 2 is 2.00 bits per heavy atom. The molecule has 3 heterocycles. The minimum absolute atomic E-state index is 0.0423. The number of halogens is 4. The first kappa shape index (κ1) is 29.3. The molecule has 10 heteroatoms. The number of pyridine rings is 1. The molecule has 2 atom stereocenters. The van der Waals surface area contributed by atoms with E-state index in [0.717, 1.165) is 42.0 Å². The lowest BCUT2D eigenvalue weighted by atomic mass is 10.0. The highest BCUT2D eigenvalue weighted by Gasteiger charge is 2.32. The fourth-order valence-corrected chi connectivity index (χ4v) is 4.94. The predicted molar refractivity (Wildman–Crippen MR) is 153 cm³/mol. The molecule has 1 aliphatic heterocycles. The van der Waals surface area contributed by atoms with Crippen LogP contribution in [0.25, 0.3) is 11.3 Å². The maximum atomic E-state index is 14.7. The average molecular weight is 557 g/mol. The molecule has 3 N–H and O–H groups in total. The Labute approximate surface area is 232 Å². The molecule has 0 bridgehead atoms. The molecule has 0 spiro atoms. The van der Waals surface area contributed by atoms with Crippen molar-refractivity contribution in [1.29, 1.82) is 0 Å². The van der Waals surface area contributed by atoms with Crippen molar-refractivity contribution in [2.45, 2.75) is 51.5 Å². The van der Waals surface area contributed by atoms with E-state index in [9.17, 15) is 17.6 Å². The molecule has 2 unspecified atom stereocenters. The van der Waals surface area contributed by atoms with Crippen LogP contribution in [0.4, 0.5) is 28.9 Å². The minimum Gasteiger partial charge on any atom is -0.385 e. The number of benzene rings is 1. The standard InChI is InChI=1S/C30H36F4N6/c1-5-21-17-22(20(3)35-6-2)11-12-24(21)36-14-7-9-26-28(18-30(32,33)34)40-15-8-10-27(29(40)38-26)37-25-13-16-39(4)19-23(25)31/h8,10-12,15,17,23,25,35-37H,3,5-6,13-14,16,18-19H2,1-2,4H3. The lowest BCUT2D eigenvalue weighted by Crippen LogP contribution is -2.46. The van der Waals surface area contributed by atoms with E-state index >= 15 is 0 Å². The molecule has 1 saturated heterocycles. The van der Waals surface area contributed by atoms with Gasteiger partial charge in [-0.15, -0.1) is 0 Å². The molecule has 1 aromatic carbocycles. The van der Waals surface area contributed by atoms with Crippen LogP contribution >= 0.6 is 0 Å². The first-order valence-electron chi connectivity index (χ1n) is 13.5. The Bertz CT molecular complexity index is 1400. The quantitative estimate of drug-likeness (QED) is 0.240. The van der Waals surface area contributed by atoms with Crippen LogP contribution in [0.5, 0.6) is 0 Å². The molecule has 1 fully saturated rings. The van der Waals surface area contributed by atoms with Gasteiger partial charge in [0, 0.05) is 37.2 Å². The van der Waals surface area contributed by atoms with E-state index in [4.69, 9.17) is 0 Å². The number of alkyl halides is 4. The van der Waals surface area contributed by atoms with E-state index < -0.39 is 24.8 Å². The summed E-state index contributed by atoms with van der Waals surface area (Å²) in [6.07, 6.45) is -3.81. The van der Waals surface area contributed by atoms with Crippen LogP contribution in [0, 0.1) is 11.8 Å². The summed E-state index contributed by atoms with van der Waals surface area (Å²) in [5.41, 5.74) is 4.64. The third-order valence-corrected chi connectivity index (χ3v) is 7.00. The second-order valence-corrected chi connectivity index (χ2v) is 10.0. The topological polar surface area (TPSA) is 56.6 Å². The lowest BCUT2D eigenvalue weighted by molar-refractivity contribution is -0.128. The van der Waals surface area contributed by atoms with Crippen molar-refractivity contribution in [3.63, 3.8) is 0 Å². The number of likely N-dealkylation sites (tertiary alicyclic amines) is 1. The first-order chi connectivity index (χ1) is 19.1. The summed E-state index contributed by atoms with van der Waals surface area (Å²) in [4.78, 5) is 6.40. The van der Waals surface area contributed by atoms with Crippen molar-refractivity contribution in [1.82, 2.24) is 19.6 Å². The summed E-state index contributed by atoms with van der Waals surface area (Å²) in [6, 6.07) is 8.88. The molecule has 0 amide bonds. The highest BCUT2D eigenvalue weighted by atomic mass is 19.4. The van der Waals surface area contributed by atoms with Gasteiger partial charge >= 0.3 is 6.18 Å². The number of piperidine rings is 1. The Kier molecular flexibility index (Phi) is 9.25. The van der Waals surface area contributed by atoms with Gasteiger partial charge < -0.3 is 25.3 Å². The van der Waals surface area contributed by atoms with Crippen LogP contribution < -0.4 is 16.0 Å². The van der Waals surface area contributed by atoms with Crippen molar-refractivity contribution in [3.05, 3.63) is 65.6 Å². The van der Waals surface area contributed by atoms with E-state index in [1.807, 2.05) is 37.9 Å². The molecule has 1 aliphatic rings. The van der Waals surface area contributed by atoms with Gasteiger partial charge in [-0.2, -0.15) is 13.2 Å². The number of nitrogens with zero attached hydrogens (tertiary/aromatic N) is 3. The third-order valence-electron chi connectivity index (χ3n) is 7.00.